The summed E-state index contributed by atoms with van der Waals surface area (Å²) in [5, 5.41) is 29.7. The molecular weight excluding hydrogens is 466 g/mol. The molecule has 0 spiro atoms. The zero-order valence-corrected chi connectivity index (χ0v) is 18.8. The third-order valence-corrected chi connectivity index (χ3v) is 5.13. The van der Waals surface area contributed by atoms with Crippen LogP contribution in [-0.4, -0.2) is 33.7 Å². The number of nitrogens with zero attached hydrogens (tertiary/aromatic N) is 1. The molecule has 9 heteroatoms. The van der Waals surface area contributed by atoms with Crippen LogP contribution >= 0.6 is 15.9 Å². The third kappa shape index (κ3) is 4.72. The summed E-state index contributed by atoms with van der Waals surface area (Å²) in [6.07, 6.45) is 0. The molecule has 3 aromatic rings. The van der Waals surface area contributed by atoms with Crippen LogP contribution in [0.1, 0.15) is 53.1 Å². The summed E-state index contributed by atoms with van der Waals surface area (Å²) in [7, 11) is 0. The number of aromatic nitrogens is 1. The maximum Gasteiger partial charge on any atom is 0.275 e. The fourth-order valence-corrected chi connectivity index (χ4v) is 3.28. The highest BCUT2D eigenvalue weighted by atomic mass is 79.9. The van der Waals surface area contributed by atoms with Crippen LogP contribution in [0.4, 0.5) is 5.69 Å². The summed E-state index contributed by atoms with van der Waals surface area (Å²) in [5.74, 6) is -1.41. The Morgan fingerprint density at radius 2 is 1.77 bits per heavy atom. The minimum atomic E-state index is -0.536. The number of rotatable bonds is 6. The van der Waals surface area contributed by atoms with Crippen LogP contribution in [0, 0.1) is 0 Å². The fourth-order valence-electron chi connectivity index (χ4n) is 3.01. The average molecular weight is 488 g/mol. The van der Waals surface area contributed by atoms with Gasteiger partial charge in [0.15, 0.2) is 11.5 Å². The standard InChI is InChI=1S/C22H22BrN3O5/c1-4-24-22(30)19-18(25-21(29)12-5-7-13(23)8-6-12)20(31-26-19)15-9-14(11(2)3)16(27)10-17(15)28/h5-11,27-28H,4H2,1-3H3,(H,24,30)(H,25,29). The molecule has 3 rings (SSSR count). The van der Waals surface area contributed by atoms with Crippen LogP contribution in [-0.2, 0) is 0 Å². The number of aromatic hydroxyl groups is 2. The predicted molar refractivity (Wildman–Crippen MR) is 119 cm³/mol. The minimum Gasteiger partial charge on any atom is -0.508 e. The Bertz CT molecular complexity index is 1120. The van der Waals surface area contributed by atoms with E-state index in [-0.39, 0.29) is 40.1 Å². The molecule has 0 saturated carbocycles. The number of hydrogen-bond acceptors (Lipinski definition) is 6. The summed E-state index contributed by atoms with van der Waals surface area (Å²) < 4.78 is 6.20. The molecule has 1 heterocycles. The molecule has 0 fully saturated rings. The lowest BCUT2D eigenvalue weighted by Gasteiger charge is -2.13. The normalized spacial score (nSPS) is 10.9. The maximum atomic E-state index is 12.8. The van der Waals surface area contributed by atoms with Gasteiger partial charge in [0.25, 0.3) is 11.8 Å². The van der Waals surface area contributed by atoms with E-state index in [1.165, 1.54) is 6.07 Å². The first-order chi connectivity index (χ1) is 14.7. The van der Waals surface area contributed by atoms with Gasteiger partial charge in [-0.15, -0.1) is 0 Å². The van der Waals surface area contributed by atoms with Gasteiger partial charge in [0.1, 0.15) is 17.2 Å². The van der Waals surface area contributed by atoms with Gasteiger partial charge >= 0.3 is 0 Å². The first-order valence-electron chi connectivity index (χ1n) is 9.63. The molecule has 8 nitrogen and oxygen atoms in total. The Kier molecular flexibility index (Phi) is 6.65. The van der Waals surface area contributed by atoms with Gasteiger partial charge in [0.2, 0.25) is 0 Å². The average Bonchev–Trinajstić information content (AvgIpc) is 3.11. The molecule has 31 heavy (non-hydrogen) atoms. The SMILES string of the molecule is CCNC(=O)c1noc(-c2cc(C(C)C)c(O)cc2O)c1NC(=O)c1ccc(Br)cc1. The van der Waals surface area contributed by atoms with Crippen molar-refractivity contribution >= 4 is 33.4 Å². The second-order valence-electron chi connectivity index (χ2n) is 7.14. The zero-order chi connectivity index (χ0) is 22.7. The van der Waals surface area contributed by atoms with Gasteiger partial charge in [0, 0.05) is 22.6 Å². The van der Waals surface area contributed by atoms with Crippen molar-refractivity contribution in [1.82, 2.24) is 10.5 Å². The molecule has 0 atom stereocenters. The molecule has 0 saturated heterocycles. The van der Waals surface area contributed by atoms with E-state index in [1.807, 2.05) is 13.8 Å². The summed E-state index contributed by atoms with van der Waals surface area (Å²) in [6, 6.07) is 9.41. The van der Waals surface area contributed by atoms with Crippen molar-refractivity contribution in [2.45, 2.75) is 26.7 Å². The van der Waals surface area contributed by atoms with Crippen LogP contribution in [0.2, 0.25) is 0 Å². The summed E-state index contributed by atoms with van der Waals surface area (Å²) in [4.78, 5) is 25.3. The molecule has 4 N–H and O–H groups in total. The van der Waals surface area contributed by atoms with Gasteiger partial charge in [-0.1, -0.05) is 34.9 Å². The molecule has 0 aliphatic rings. The number of nitrogens with one attached hydrogen (secondary N) is 2. The highest BCUT2D eigenvalue weighted by molar-refractivity contribution is 9.10. The molecule has 2 aromatic carbocycles. The number of amides is 2. The number of carbonyl (C=O) groups excluding carboxylic acids is 2. The van der Waals surface area contributed by atoms with Crippen molar-refractivity contribution in [1.29, 1.82) is 0 Å². The number of hydrogen-bond donors (Lipinski definition) is 4. The number of benzene rings is 2. The van der Waals surface area contributed by atoms with E-state index < -0.39 is 11.8 Å². The van der Waals surface area contributed by atoms with Gasteiger partial charge in [-0.3, -0.25) is 9.59 Å². The molecule has 162 valence electrons. The van der Waals surface area contributed by atoms with Crippen molar-refractivity contribution in [2.24, 2.45) is 0 Å². The van der Waals surface area contributed by atoms with Gasteiger partial charge in [-0.25, -0.2) is 0 Å². The first kappa shape index (κ1) is 22.4. The van der Waals surface area contributed by atoms with E-state index in [1.54, 1.807) is 37.3 Å². The Morgan fingerprint density at radius 3 is 2.39 bits per heavy atom. The Labute approximate surface area is 187 Å². The van der Waals surface area contributed by atoms with E-state index in [2.05, 4.69) is 31.7 Å². The zero-order valence-electron chi connectivity index (χ0n) is 17.2. The highest BCUT2D eigenvalue weighted by Gasteiger charge is 2.27. The number of phenolic OH excluding ortho intramolecular Hbond substituents is 2. The van der Waals surface area contributed by atoms with Crippen LogP contribution < -0.4 is 10.6 Å². The number of anilines is 1. The number of carbonyl (C=O) groups is 2. The quantitative estimate of drug-likeness (QED) is 0.401. The Balaban J connectivity index is 2.12. The van der Waals surface area contributed by atoms with Crippen LogP contribution in [0.3, 0.4) is 0 Å². The lowest BCUT2D eigenvalue weighted by atomic mass is 9.97. The molecule has 0 aliphatic heterocycles. The van der Waals surface area contributed by atoms with Crippen molar-refractivity contribution in [3.8, 4) is 22.8 Å². The van der Waals surface area contributed by atoms with Gasteiger partial charge in [0.05, 0.1) is 5.56 Å². The first-order valence-corrected chi connectivity index (χ1v) is 10.4. The summed E-state index contributed by atoms with van der Waals surface area (Å²) >= 11 is 3.32. The lowest BCUT2D eigenvalue weighted by Crippen LogP contribution is -2.25. The molecule has 1 aromatic heterocycles. The topological polar surface area (TPSA) is 125 Å². The second kappa shape index (κ2) is 9.22. The highest BCUT2D eigenvalue weighted by Crippen LogP contribution is 2.41. The Hall–Kier alpha value is -3.33. The van der Waals surface area contributed by atoms with Gasteiger partial charge < -0.3 is 25.4 Å². The molecule has 0 unspecified atom stereocenters. The van der Waals surface area contributed by atoms with Crippen molar-refractivity contribution in [3.63, 3.8) is 0 Å². The van der Waals surface area contributed by atoms with Crippen LogP contribution in [0.25, 0.3) is 11.3 Å². The van der Waals surface area contributed by atoms with Gasteiger partial charge in [-0.05, 0) is 48.7 Å². The van der Waals surface area contributed by atoms with E-state index in [4.69, 9.17) is 4.52 Å². The largest absolute Gasteiger partial charge is 0.508 e. The van der Waals surface area contributed by atoms with E-state index >= 15 is 0 Å². The van der Waals surface area contributed by atoms with E-state index in [0.29, 0.717) is 17.7 Å². The molecule has 0 bridgehead atoms. The van der Waals surface area contributed by atoms with E-state index in [0.717, 1.165) is 4.47 Å². The van der Waals surface area contributed by atoms with Gasteiger partial charge in [-0.2, -0.15) is 0 Å². The predicted octanol–water partition coefficient (Wildman–Crippen LogP) is 4.64. The Morgan fingerprint density at radius 1 is 1.10 bits per heavy atom. The molecule has 2 amide bonds. The lowest BCUT2D eigenvalue weighted by molar-refractivity contribution is 0.0947. The van der Waals surface area contributed by atoms with Crippen molar-refractivity contribution in [3.05, 3.63) is 57.7 Å². The second-order valence-corrected chi connectivity index (χ2v) is 8.05. The smallest absolute Gasteiger partial charge is 0.275 e. The molecular formula is C22H22BrN3O5. The van der Waals surface area contributed by atoms with Crippen LogP contribution in [0.15, 0.2) is 45.4 Å². The number of phenols is 2. The van der Waals surface area contributed by atoms with Crippen molar-refractivity contribution in [2.75, 3.05) is 11.9 Å². The van der Waals surface area contributed by atoms with Crippen LogP contribution in [0.5, 0.6) is 11.5 Å². The van der Waals surface area contributed by atoms with E-state index in [9.17, 15) is 19.8 Å². The minimum absolute atomic E-state index is 0.00566. The van der Waals surface area contributed by atoms with Crippen molar-refractivity contribution < 1.29 is 24.3 Å². The molecule has 0 radical (unpaired) electrons. The third-order valence-electron chi connectivity index (χ3n) is 4.60. The molecule has 0 aliphatic carbocycles. The summed E-state index contributed by atoms with van der Waals surface area (Å²) in [5.41, 5.74) is 1.01. The maximum absolute atomic E-state index is 12.8. The number of halogens is 1. The fraction of sp³-hybridized carbons (Fsp3) is 0.227. The monoisotopic (exact) mass is 487 g/mol. The summed E-state index contributed by atoms with van der Waals surface area (Å²) in [6.45, 7) is 5.86.